The maximum absolute atomic E-state index is 12.7. The van der Waals surface area contributed by atoms with Crippen LogP contribution in [0, 0.1) is 12.8 Å². The Hall–Kier alpha value is -2.71. The highest BCUT2D eigenvalue weighted by molar-refractivity contribution is 7.20. The number of piperidine rings is 1. The highest BCUT2D eigenvalue weighted by Gasteiger charge is 2.29. The minimum Gasteiger partial charge on any atom is -0.481 e. The Balaban J connectivity index is 1.65. The molecule has 1 aliphatic heterocycles. The molecule has 3 heterocycles. The van der Waals surface area contributed by atoms with Crippen LogP contribution in [0.1, 0.15) is 33.6 Å². The quantitative estimate of drug-likeness (QED) is 0.462. The molecule has 1 N–H and O–H groups in total. The molecule has 7 nitrogen and oxygen atoms in total. The van der Waals surface area contributed by atoms with E-state index in [4.69, 9.17) is 16.3 Å². The van der Waals surface area contributed by atoms with Crippen molar-refractivity contribution in [2.75, 3.05) is 18.0 Å². The van der Waals surface area contributed by atoms with Crippen LogP contribution in [0.15, 0.2) is 30.3 Å². The lowest BCUT2D eigenvalue weighted by Crippen LogP contribution is -2.39. The van der Waals surface area contributed by atoms with Gasteiger partial charge in [0.25, 0.3) is 0 Å². The molecule has 156 valence electrons. The van der Waals surface area contributed by atoms with Crippen LogP contribution in [0.5, 0.6) is 0 Å². The van der Waals surface area contributed by atoms with E-state index in [1.807, 2.05) is 42.2 Å². The van der Waals surface area contributed by atoms with E-state index in [-0.39, 0.29) is 11.9 Å². The molecule has 0 bridgehead atoms. The van der Waals surface area contributed by atoms with Crippen molar-refractivity contribution in [1.82, 2.24) is 9.97 Å². The number of ether oxygens (including phenoxy) is 1. The number of aryl methyl sites for hydroxylation is 1. The lowest BCUT2D eigenvalue weighted by Gasteiger charge is -2.32. The first-order valence-electron chi connectivity index (χ1n) is 9.59. The number of esters is 1. The molecule has 3 aromatic rings. The van der Waals surface area contributed by atoms with Crippen molar-refractivity contribution in [2.45, 2.75) is 26.4 Å². The second-order valence-electron chi connectivity index (χ2n) is 7.24. The molecular weight excluding hydrogens is 426 g/mol. The van der Waals surface area contributed by atoms with Crippen molar-refractivity contribution in [2.24, 2.45) is 5.92 Å². The zero-order chi connectivity index (χ0) is 21.3. The van der Waals surface area contributed by atoms with Gasteiger partial charge in [-0.2, -0.15) is 4.98 Å². The zero-order valence-corrected chi connectivity index (χ0v) is 17.9. The molecule has 0 aliphatic carbocycles. The van der Waals surface area contributed by atoms with Crippen molar-refractivity contribution in [3.05, 3.63) is 51.6 Å². The maximum atomic E-state index is 12.7. The summed E-state index contributed by atoms with van der Waals surface area (Å²) >= 11 is 7.36. The third-order valence-electron chi connectivity index (χ3n) is 5.21. The van der Waals surface area contributed by atoms with Crippen LogP contribution < -0.4 is 4.90 Å². The van der Waals surface area contributed by atoms with E-state index < -0.39 is 17.9 Å². The largest absolute Gasteiger partial charge is 0.481 e. The zero-order valence-electron chi connectivity index (χ0n) is 16.3. The van der Waals surface area contributed by atoms with Crippen LogP contribution in [0.25, 0.3) is 10.2 Å². The lowest BCUT2D eigenvalue weighted by atomic mass is 9.98. The fourth-order valence-electron chi connectivity index (χ4n) is 3.68. The Bertz CT molecular complexity index is 1100. The van der Waals surface area contributed by atoms with Crippen molar-refractivity contribution < 1.29 is 19.4 Å². The molecule has 0 amide bonds. The van der Waals surface area contributed by atoms with E-state index in [1.165, 1.54) is 11.3 Å². The number of thiophene rings is 1. The number of anilines is 1. The van der Waals surface area contributed by atoms with Gasteiger partial charge in [-0.25, -0.2) is 9.78 Å². The van der Waals surface area contributed by atoms with Gasteiger partial charge in [-0.1, -0.05) is 30.3 Å². The van der Waals surface area contributed by atoms with Crippen LogP contribution in [-0.4, -0.2) is 40.1 Å². The highest BCUT2D eigenvalue weighted by atomic mass is 35.5. The van der Waals surface area contributed by atoms with Gasteiger partial charge in [0.1, 0.15) is 22.1 Å². The van der Waals surface area contributed by atoms with Crippen molar-refractivity contribution in [3.8, 4) is 0 Å². The summed E-state index contributed by atoms with van der Waals surface area (Å²) in [6.07, 6.45) is 1.38. The van der Waals surface area contributed by atoms with Gasteiger partial charge in [0.05, 0.1) is 11.3 Å². The molecule has 1 saturated heterocycles. The monoisotopic (exact) mass is 445 g/mol. The van der Waals surface area contributed by atoms with E-state index in [9.17, 15) is 14.7 Å². The van der Waals surface area contributed by atoms with Crippen LogP contribution in [-0.2, 0) is 16.1 Å². The molecule has 1 aromatic carbocycles. The number of aromatic nitrogens is 2. The lowest BCUT2D eigenvalue weighted by molar-refractivity contribution is -0.141. The Labute approximate surface area is 182 Å². The van der Waals surface area contributed by atoms with Gasteiger partial charge < -0.3 is 14.7 Å². The van der Waals surface area contributed by atoms with Crippen LogP contribution >= 0.6 is 22.9 Å². The summed E-state index contributed by atoms with van der Waals surface area (Å²) in [4.78, 5) is 35.8. The van der Waals surface area contributed by atoms with Gasteiger partial charge in [-0.05, 0) is 42.5 Å². The average molecular weight is 446 g/mol. The molecule has 0 spiro atoms. The third-order valence-corrected chi connectivity index (χ3v) is 6.55. The Morgan fingerprint density at radius 1 is 1.30 bits per heavy atom. The normalized spacial score (nSPS) is 16.6. The number of aliphatic carboxylic acids is 1. The molecule has 1 fully saturated rings. The first kappa shape index (κ1) is 20.6. The molecule has 9 heteroatoms. The molecule has 1 unspecified atom stereocenters. The number of nitrogens with zero attached hydrogens (tertiary/aromatic N) is 3. The molecule has 0 radical (unpaired) electrons. The van der Waals surface area contributed by atoms with E-state index >= 15 is 0 Å². The topological polar surface area (TPSA) is 92.6 Å². The molecule has 4 rings (SSSR count). The van der Waals surface area contributed by atoms with Gasteiger partial charge in [-0.3, -0.25) is 4.79 Å². The number of hydrogen-bond acceptors (Lipinski definition) is 7. The summed E-state index contributed by atoms with van der Waals surface area (Å²) in [7, 11) is 0. The SMILES string of the molecule is Cc1c(C(=O)OCc2ccccc2)sc2nc(Cl)nc(N3CCCC(C(=O)O)C3)c12. The fourth-order valence-corrected chi connectivity index (χ4v) is 4.96. The summed E-state index contributed by atoms with van der Waals surface area (Å²) in [5.41, 5.74) is 1.62. The van der Waals surface area contributed by atoms with E-state index in [1.54, 1.807) is 0 Å². The summed E-state index contributed by atoms with van der Waals surface area (Å²) in [6, 6.07) is 9.47. The number of carbonyl (C=O) groups excluding carboxylic acids is 1. The first-order valence-corrected chi connectivity index (χ1v) is 10.8. The molecular formula is C21H20ClN3O4S. The van der Waals surface area contributed by atoms with Gasteiger partial charge in [-0.15, -0.1) is 11.3 Å². The van der Waals surface area contributed by atoms with Crippen LogP contribution in [0.4, 0.5) is 5.82 Å². The van der Waals surface area contributed by atoms with E-state index in [0.29, 0.717) is 35.0 Å². The van der Waals surface area contributed by atoms with E-state index in [2.05, 4.69) is 9.97 Å². The van der Waals surface area contributed by atoms with Crippen molar-refractivity contribution >= 4 is 50.9 Å². The number of halogens is 1. The van der Waals surface area contributed by atoms with Crippen molar-refractivity contribution in [1.29, 1.82) is 0 Å². The summed E-state index contributed by atoms with van der Waals surface area (Å²) < 4.78 is 5.49. The number of carboxylic acid groups (broad SMARTS) is 1. The fraction of sp³-hybridized carbons (Fsp3) is 0.333. The highest BCUT2D eigenvalue weighted by Crippen LogP contribution is 2.38. The molecule has 1 atom stereocenters. The first-order chi connectivity index (χ1) is 14.4. The third kappa shape index (κ3) is 4.11. The number of carboxylic acids is 1. The van der Waals surface area contributed by atoms with Gasteiger partial charge >= 0.3 is 11.9 Å². The summed E-state index contributed by atoms with van der Waals surface area (Å²) in [5.74, 6) is -1.13. The summed E-state index contributed by atoms with van der Waals surface area (Å²) in [5, 5.41) is 10.2. The number of hydrogen-bond donors (Lipinski definition) is 1. The smallest absolute Gasteiger partial charge is 0.349 e. The second-order valence-corrected chi connectivity index (χ2v) is 8.57. The standard InChI is InChI=1S/C21H20ClN3O4S/c1-12-15-17(25-9-5-8-14(10-25)19(26)27)23-21(22)24-18(15)30-16(12)20(28)29-11-13-6-3-2-4-7-13/h2-4,6-7,14H,5,8-11H2,1H3,(H,26,27). The Morgan fingerprint density at radius 2 is 2.07 bits per heavy atom. The van der Waals surface area contributed by atoms with Gasteiger partial charge in [0.15, 0.2) is 0 Å². The van der Waals surface area contributed by atoms with Gasteiger partial charge in [0, 0.05) is 13.1 Å². The second kappa shape index (κ2) is 8.57. The molecule has 30 heavy (non-hydrogen) atoms. The Morgan fingerprint density at radius 3 is 2.80 bits per heavy atom. The number of rotatable bonds is 5. The minimum atomic E-state index is -0.816. The van der Waals surface area contributed by atoms with E-state index in [0.717, 1.165) is 22.9 Å². The maximum Gasteiger partial charge on any atom is 0.349 e. The predicted molar refractivity (Wildman–Crippen MR) is 115 cm³/mol. The molecule has 0 saturated carbocycles. The minimum absolute atomic E-state index is 0.0698. The Kier molecular flexibility index (Phi) is 5.87. The number of benzene rings is 1. The van der Waals surface area contributed by atoms with Gasteiger partial charge in [0.2, 0.25) is 5.28 Å². The number of fused-ring (bicyclic) bond motifs is 1. The molecule has 2 aromatic heterocycles. The average Bonchev–Trinajstić information content (AvgIpc) is 3.08. The van der Waals surface area contributed by atoms with Crippen LogP contribution in [0.2, 0.25) is 5.28 Å². The molecule has 1 aliphatic rings. The summed E-state index contributed by atoms with van der Waals surface area (Å²) in [6.45, 7) is 3.03. The predicted octanol–water partition coefficient (Wildman–Crippen LogP) is 4.31. The van der Waals surface area contributed by atoms with Crippen LogP contribution in [0.3, 0.4) is 0 Å². The van der Waals surface area contributed by atoms with Crippen molar-refractivity contribution in [3.63, 3.8) is 0 Å². The number of carbonyl (C=O) groups is 2.